The van der Waals surface area contributed by atoms with Crippen LogP contribution < -0.4 is 0 Å². The summed E-state index contributed by atoms with van der Waals surface area (Å²) in [5.74, 6) is -0.169. The fraction of sp³-hybridized carbons (Fsp3) is 0.632. The van der Waals surface area contributed by atoms with Crippen molar-refractivity contribution in [3.63, 3.8) is 0 Å². The Labute approximate surface area is 143 Å². The molecular weight excluding hydrogens is 304 g/mol. The second-order valence-electron chi connectivity index (χ2n) is 5.71. The van der Waals surface area contributed by atoms with Crippen LogP contribution in [0.1, 0.15) is 41.5 Å². The zero-order valence-corrected chi connectivity index (χ0v) is 16.7. The molecule has 0 amide bonds. The first-order valence-electron chi connectivity index (χ1n) is 8.80. The molecule has 0 aromatic rings. The topological polar surface area (TPSA) is 35.5 Å². The molecule has 0 aromatic heterocycles. The summed E-state index contributed by atoms with van der Waals surface area (Å²) >= 11 is 0. The molecule has 0 spiro atoms. The molecule has 132 valence electrons. The highest BCUT2D eigenvalue weighted by Gasteiger charge is 2.32. The lowest BCUT2D eigenvalue weighted by atomic mass is 10.0. The standard InChI is InChI=1S/C19H34O3Si/c1-7-12-13-14-18(22-23(9-3,10-4)11-5)17(6)15-16-19(20)21-8-2/h7,12-18H,8-11H2,1-6H3/b12-7+,14-13+,16-15+/t17-,18+/m0/s1. The van der Waals surface area contributed by atoms with E-state index < -0.39 is 8.32 Å². The fourth-order valence-electron chi connectivity index (χ4n) is 2.43. The van der Waals surface area contributed by atoms with Crippen LogP contribution in [0.4, 0.5) is 0 Å². The normalized spacial score (nSPS) is 15.6. The summed E-state index contributed by atoms with van der Waals surface area (Å²) in [4.78, 5) is 11.5. The van der Waals surface area contributed by atoms with Crippen LogP contribution in [0.2, 0.25) is 18.1 Å². The Morgan fingerprint density at radius 3 is 2.13 bits per heavy atom. The highest BCUT2D eigenvalue weighted by molar-refractivity contribution is 6.73. The highest BCUT2D eigenvalue weighted by Crippen LogP contribution is 2.26. The predicted octanol–water partition coefficient (Wildman–Crippen LogP) is 5.26. The van der Waals surface area contributed by atoms with E-state index >= 15 is 0 Å². The van der Waals surface area contributed by atoms with Crippen LogP contribution >= 0.6 is 0 Å². The lowest BCUT2D eigenvalue weighted by Crippen LogP contribution is -2.41. The van der Waals surface area contributed by atoms with Gasteiger partial charge >= 0.3 is 5.97 Å². The van der Waals surface area contributed by atoms with Crippen molar-refractivity contribution < 1.29 is 14.0 Å². The lowest BCUT2D eigenvalue weighted by Gasteiger charge is -2.34. The number of carbonyl (C=O) groups excluding carboxylic acids is 1. The minimum Gasteiger partial charge on any atom is -0.463 e. The summed E-state index contributed by atoms with van der Waals surface area (Å²) in [6, 6.07) is 3.34. The van der Waals surface area contributed by atoms with Gasteiger partial charge in [0.05, 0.1) is 12.7 Å². The first kappa shape index (κ1) is 21.9. The third kappa shape index (κ3) is 8.33. The number of rotatable bonds is 11. The molecule has 3 nitrogen and oxygen atoms in total. The van der Waals surface area contributed by atoms with E-state index in [9.17, 15) is 4.79 Å². The van der Waals surface area contributed by atoms with E-state index in [-0.39, 0.29) is 18.0 Å². The second kappa shape index (κ2) is 12.3. The highest BCUT2D eigenvalue weighted by atomic mass is 28.4. The SMILES string of the molecule is C/C=C/C=C/[C@@H](O[Si](CC)(CC)CC)[C@@H](C)/C=C/C(=O)OCC. The van der Waals surface area contributed by atoms with Crippen molar-refractivity contribution in [3.8, 4) is 0 Å². The summed E-state index contributed by atoms with van der Waals surface area (Å²) in [5, 5.41) is 0. The van der Waals surface area contributed by atoms with Crippen molar-refractivity contribution in [1.29, 1.82) is 0 Å². The van der Waals surface area contributed by atoms with Gasteiger partial charge in [-0.25, -0.2) is 4.79 Å². The van der Waals surface area contributed by atoms with Crippen molar-refractivity contribution in [2.24, 2.45) is 5.92 Å². The molecule has 0 rings (SSSR count). The van der Waals surface area contributed by atoms with E-state index in [0.717, 1.165) is 18.1 Å². The van der Waals surface area contributed by atoms with Crippen molar-refractivity contribution >= 4 is 14.3 Å². The Hall–Kier alpha value is -1.13. The smallest absolute Gasteiger partial charge is 0.330 e. The number of hydrogen-bond acceptors (Lipinski definition) is 3. The van der Waals surface area contributed by atoms with Crippen LogP contribution in [0.5, 0.6) is 0 Å². The number of hydrogen-bond donors (Lipinski definition) is 0. The molecule has 0 aliphatic rings. The molecule has 4 heteroatoms. The third-order valence-corrected chi connectivity index (χ3v) is 8.90. The molecule has 0 bridgehead atoms. The maximum absolute atomic E-state index is 11.5. The molecular formula is C19H34O3Si. The van der Waals surface area contributed by atoms with Crippen LogP contribution in [0.15, 0.2) is 36.5 Å². The zero-order chi connectivity index (χ0) is 17.7. The maximum atomic E-state index is 11.5. The summed E-state index contributed by atoms with van der Waals surface area (Å²) in [6.45, 7) is 13.0. The van der Waals surface area contributed by atoms with Crippen molar-refractivity contribution in [3.05, 3.63) is 36.5 Å². The van der Waals surface area contributed by atoms with Gasteiger partial charge in [0.25, 0.3) is 0 Å². The Balaban J connectivity index is 5.16. The Bertz CT molecular complexity index is 401. The summed E-state index contributed by atoms with van der Waals surface area (Å²) in [5.41, 5.74) is 0. The number of carbonyl (C=O) groups is 1. The lowest BCUT2D eigenvalue weighted by molar-refractivity contribution is -0.137. The predicted molar refractivity (Wildman–Crippen MR) is 101 cm³/mol. The minimum absolute atomic E-state index is 0.0107. The summed E-state index contributed by atoms with van der Waals surface area (Å²) < 4.78 is 11.5. The molecule has 0 unspecified atom stereocenters. The second-order valence-corrected chi connectivity index (χ2v) is 10.4. The zero-order valence-electron chi connectivity index (χ0n) is 15.7. The van der Waals surface area contributed by atoms with Crippen LogP contribution in [-0.2, 0) is 14.0 Å². The Morgan fingerprint density at radius 1 is 1.04 bits per heavy atom. The monoisotopic (exact) mass is 338 g/mol. The van der Waals surface area contributed by atoms with Gasteiger partial charge in [-0.05, 0) is 32.0 Å². The molecule has 2 atom stereocenters. The van der Waals surface area contributed by atoms with Gasteiger partial charge in [0.2, 0.25) is 0 Å². The minimum atomic E-state index is -1.70. The van der Waals surface area contributed by atoms with E-state index in [1.807, 2.05) is 38.2 Å². The van der Waals surface area contributed by atoms with Gasteiger partial charge in [-0.2, -0.15) is 0 Å². The molecule has 0 fully saturated rings. The van der Waals surface area contributed by atoms with E-state index in [4.69, 9.17) is 9.16 Å². The summed E-state index contributed by atoms with van der Waals surface area (Å²) in [7, 11) is -1.70. The van der Waals surface area contributed by atoms with E-state index in [1.54, 1.807) is 0 Å². The van der Waals surface area contributed by atoms with E-state index in [2.05, 4.69) is 33.8 Å². The van der Waals surface area contributed by atoms with E-state index in [1.165, 1.54) is 6.08 Å². The Kier molecular flexibility index (Phi) is 11.7. The van der Waals surface area contributed by atoms with Crippen LogP contribution in [0, 0.1) is 5.92 Å². The van der Waals surface area contributed by atoms with Crippen LogP contribution in [0.25, 0.3) is 0 Å². The molecule has 0 saturated heterocycles. The molecule has 0 saturated carbocycles. The molecule has 0 aliphatic heterocycles. The van der Waals surface area contributed by atoms with Gasteiger partial charge < -0.3 is 9.16 Å². The van der Waals surface area contributed by atoms with E-state index in [0.29, 0.717) is 6.61 Å². The first-order chi connectivity index (χ1) is 11.0. The van der Waals surface area contributed by atoms with Crippen molar-refractivity contribution in [1.82, 2.24) is 0 Å². The van der Waals surface area contributed by atoms with Gasteiger partial charge in [-0.1, -0.05) is 58.1 Å². The molecule has 0 aliphatic carbocycles. The van der Waals surface area contributed by atoms with Gasteiger partial charge in [0.1, 0.15) is 0 Å². The van der Waals surface area contributed by atoms with Crippen LogP contribution in [0.3, 0.4) is 0 Å². The molecule has 0 N–H and O–H groups in total. The quantitative estimate of drug-likeness (QED) is 0.223. The van der Waals surface area contributed by atoms with Gasteiger partial charge in [0, 0.05) is 12.0 Å². The average Bonchev–Trinajstić information content (AvgIpc) is 2.56. The average molecular weight is 339 g/mol. The molecule has 0 aromatic carbocycles. The third-order valence-electron chi connectivity index (χ3n) is 4.26. The van der Waals surface area contributed by atoms with Gasteiger partial charge in [-0.3, -0.25) is 0 Å². The number of esters is 1. The van der Waals surface area contributed by atoms with Crippen molar-refractivity contribution in [2.75, 3.05) is 6.61 Å². The number of ether oxygens (including phenoxy) is 1. The van der Waals surface area contributed by atoms with Gasteiger partial charge in [0.15, 0.2) is 8.32 Å². The number of allylic oxidation sites excluding steroid dienone is 3. The summed E-state index contributed by atoms with van der Waals surface area (Å²) in [6.07, 6.45) is 11.5. The van der Waals surface area contributed by atoms with Crippen LogP contribution in [-0.4, -0.2) is 27.0 Å². The largest absolute Gasteiger partial charge is 0.463 e. The first-order valence-corrected chi connectivity index (χ1v) is 11.3. The maximum Gasteiger partial charge on any atom is 0.330 e. The molecule has 0 heterocycles. The molecule has 0 radical (unpaired) electrons. The Morgan fingerprint density at radius 2 is 1.65 bits per heavy atom. The van der Waals surface area contributed by atoms with Crippen molar-refractivity contribution in [2.45, 2.75) is 65.8 Å². The molecule has 23 heavy (non-hydrogen) atoms. The fourth-order valence-corrected chi connectivity index (χ4v) is 5.30. The van der Waals surface area contributed by atoms with Gasteiger partial charge in [-0.15, -0.1) is 0 Å².